The number of Topliss-reactive ketones (excluding diaryl/α,β-unsaturated/α-hetero) is 2. The number of ether oxygens (including phenoxy) is 3. The van der Waals surface area contributed by atoms with Gasteiger partial charge in [0.25, 0.3) is 0 Å². The van der Waals surface area contributed by atoms with E-state index in [-0.39, 0.29) is 35.8 Å². The van der Waals surface area contributed by atoms with E-state index in [1.165, 1.54) is 0 Å². The Hall–Kier alpha value is -1.60. The summed E-state index contributed by atoms with van der Waals surface area (Å²) in [6, 6.07) is 0. The highest BCUT2D eigenvalue weighted by Crippen LogP contribution is 2.23. The summed E-state index contributed by atoms with van der Waals surface area (Å²) in [6.45, 7) is 7.73. The molecule has 7 nitrogen and oxygen atoms in total. The maximum atomic E-state index is 11.2. The van der Waals surface area contributed by atoms with Crippen molar-refractivity contribution in [2.45, 2.75) is 85.0 Å². The first kappa shape index (κ1) is 26.4. The van der Waals surface area contributed by atoms with Crippen molar-refractivity contribution in [3.63, 3.8) is 0 Å². The monoisotopic (exact) mass is 400 g/mol. The van der Waals surface area contributed by atoms with Gasteiger partial charge in [-0.2, -0.15) is 0 Å². The number of cyclic esters (lactones) is 1. The van der Waals surface area contributed by atoms with Crippen molar-refractivity contribution in [2.75, 3.05) is 13.7 Å². The van der Waals surface area contributed by atoms with Gasteiger partial charge < -0.3 is 19.0 Å². The summed E-state index contributed by atoms with van der Waals surface area (Å²) in [4.78, 5) is 42.4. The van der Waals surface area contributed by atoms with Crippen LogP contribution in [-0.4, -0.2) is 49.9 Å². The van der Waals surface area contributed by atoms with Gasteiger partial charge in [-0.1, -0.05) is 27.7 Å². The van der Waals surface area contributed by atoms with Crippen LogP contribution >= 0.6 is 0 Å². The highest BCUT2D eigenvalue weighted by molar-refractivity contribution is 6.00. The first-order chi connectivity index (χ1) is 13.3. The highest BCUT2D eigenvalue weighted by atomic mass is 16.7. The lowest BCUT2D eigenvalue weighted by Crippen LogP contribution is -2.30. The average molecular weight is 401 g/mol. The molecule has 0 amide bonds. The van der Waals surface area contributed by atoms with E-state index in [2.05, 4.69) is 0 Å². The van der Waals surface area contributed by atoms with Gasteiger partial charge in [0.05, 0.1) is 12.7 Å². The van der Waals surface area contributed by atoms with E-state index in [0.717, 1.165) is 25.5 Å². The summed E-state index contributed by atoms with van der Waals surface area (Å²) >= 11 is 0. The van der Waals surface area contributed by atoms with Crippen LogP contribution < -0.4 is 0 Å². The fraction of sp³-hybridized carbons (Fsp3) is 0.810. The smallest absolute Gasteiger partial charge is 0.316 e. The zero-order valence-electron chi connectivity index (χ0n) is 17.9. The van der Waals surface area contributed by atoms with Crippen LogP contribution in [0.2, 0.25) is 0 Å². The van der Waals surface area contributed by atoms with Gasteiger partial charge in [-0.15, -0.1) is 0 Å². The minimum atomic E-state index is -0.486. The predicted molar refractivity (Wildman–Crippen MR) is 105 cm³/mol. The molecule has 162 valence electrons. The molecule has 7 heteroatoms. The normalized spacial score (nSPS) is 26.1. The van der Waals surface area contributed by atoms with E-state index in [4.69, 9.17) is 14.2 Å². The Morgan fingerprint density at radius 1 is 1.18 bits per heavy atom. The molecule has 0 aromatic heterocycles. The van der Waals surface area contributed by atoms with Crippen LogP contribution in [0.1, 0.15) is 72.6 Å². The Morgan fingerprint density at radius 2 is 1.82 bits per heavy atom. The van der Waals surface area contributed by atoms with Gasteiger partial charge in [-0.25, -0.2) is 0 Å². The summed E-state index contributed by atoms with van der Waals surface area (Å²) in [6.07, 6.45) is 6.13. The molecule has 2 fully saturated rings. The molecule has 2 rings (SSSR count). The molecular weight excluding hydrogens is 364 g/mol. The topological polar surface area (TPSA) is 96.0 Å². The molecule has 2 saturated heterocycles. The maximum absolute atomic E-state index is 11.2. The Bertz CT molecular complexity index is 489. The van der Waals surface area contributed by atoms with Gasteiger partial charge in [0.15, 0.2) is 6.29 Å². The molecule has 4 atom stereocenters. The minimum absolute atomic E-state index is 0.000000000000000444. The Kier molecular flexibility index (Phi) is 14.5. The number of methoxy groups -OCH3 is 1. The van der Waals surface area contributed by atoms with Crippen molar-refractivity contribution in [3.8, 4) is 0 Å². The molecule has 0 aromatic rings. The third-order valence-electron chi connectivity index (χ3n) is 4.60. The number of hydrogen-bond donors (Lipinski definition) is 0. The fourth-order valence-corrected chi connectivity index (χ4v) is 2.89. The van der Waals surface area contributed by atoms with E-state index < -0.39 is 5.92 Å². The second-order valence-corrected chi connectivity index (χ2v) is 6.93. The molecule has 0 spiro atoms. The molecule has 4 unspecified atom stereocenters. The van der Waals surface area contributed by atoms with Crippen LogP contribution in [0, 0.1) is 11.8 Å². The standard InChI is InChI=1S/C10H18O3.C8H12O3.C3H6O/c1-3-8(11)7-9-5-4-6-10(12-2)13-9;1-3-6(9)7-5(2)4-11-8(7)10;1-2-3-4/h9-10H,3-7H2,1-2H3;5,7H,3-4H2,1-2H3;3H,2H2,1H3. The van der Waals surface area contributed by atoms with Gasteiger partial charge >= 0.3 is 5.97 Å². The first-order valence-corrected chi connectivity index (χ1v) is 10.2. The van der Waals surface area contributed by atoms with E-state index in [1.54, 1.807) is 14.0 Å². The molecule has 2 heterocycles. The Balaban J connectivity index is 0.000000442. The van der Waals surface area contributed by atoms with Gasteiger partial charge in [0.1, 0.15) is 23.8 Å². The molecule has 28 heavy (non-hydrogen) atoms. The molecule has 0 radical (unpaired) electrons. The maximum Gasteiger partial charge on any atom is 0.316 e. The van der Waals surface area contributed by atoms with Gasteiger partial charge in [0, 0.05) is 38.7 Å². The average Bonchev–Trinajstić information content (AvgIpc) is 3.06. The molecule has 0 N–H and O–H groups in total. The third-order valence-corrected chi connectivity index (χ3v) is 4.60. The number of carbonyl (C=O) groups is 4. The number of ketones is 2. The molecule has 0 bridgehead atoms. The van der Waals surface area contributed by atoms with Crippen LogP contribution in [-0.2, 0) is 33.4 Å². The van der Waals surface area contributed by atoms with Gasteiger partial charge in [-0.3, -0.25) is 14.4 Å². The van der Waals surface area contributed by atoms with E-state index in [9.17, 15) is 19.2 Å². The molecule has 0 aromatic carbocycles. The van der Waals surface area contributed by atoms with Crippen LogP contribution in [0.3, 0.4) is 0 Å². The molecule has 2 aliphatic heterocycles. The summed E-state index contributed by atoms with van der Waals surface area (Å²) in [7, 11) is 1.65. The second kappa shape index (κ2) is 15.3. The summed E-state index contributed by atoms with van der Waals surface area (Å²) in [5.74, 6) is -0.485. The number of hydrogen-bond acceptors (Lipinski definition) is 7. The van der Waals surface area contributed by atoms with E-state index in [0.29, 0.717) is 32.3 Å². The second-order valence-electron chi connectivity index (χ2n) is 6.93. The van der Waals surface area contributed by atoms with Crippen molar-refractivity contribution < 1.29 is 33.4 Å². The lowest BCUT2D eigenvalue weighted by Gasteiger charge is -2.28. The van der Waals surface area contributed by atoms with E-state index >= 15 is 0 Å². The minimum Gasteiger partial charge on any atom is -0.465 e. The fourth-order valence-electron chi connectivity index (χ4n) is 2.89. The highest BCUT2D eigenvalue weighted by Gasteiger charge is 2.38. The molecule has 2 aliphatic rings. The lowest BCUT2D eigenvalue weighted by molar-refractivity contribution is -0.182. The van der Waals surface area contributed by atoms with Gasteiger partial charge in [-0.05, 0) is 19.3 Å². The van der Waals surface area contributed by atoms with E-state index in [1.807, 2.05) is 20.8 Å². The zero-order chi connectivity index (χ0) is 21.5. The van der Waals surface area contributed by atoms with Crippen molar-refractivity contribution in [1.82, 2.24) is 0 Å². The number of esters is 1. The van der Waals surface area contributed by atoms with Crippen molar-refractivity contribution in [1.29, 1.82) is 0 Å². The number of aldehydes is 1. The zero-order valence-corrected chi connectivity index (χ0v) is 17.9. The van der Waals surface area contributed by atoms with Crippen LogP contribution in [0.5, 0.6) is 0 Å². The number of carbonyl (C=O) groups excluding carboxylic acids is 4. The van der Waals surface area contributed by atoms with Crippen molar-refractivity contribution in [2.24, 2.45) is 11.8 Å². The summed E-state index contributed by atoms with van der Waals surface area (Å²) in [5, 5.41) is 0. The quantitative estimate of drug-likeness (QED) is 0.367. The van der Waals surface area contributed by atoms with Crippen LogP contribution in [0.15, 0.2) is 0 Å². The summed E-state index contributed by atoms with van der Waals surface area (Å²) < 4.78 is 15.4. The number of rotatable bonds is 7. The Morgan fingerprint density at radius 3 is 2.25 bits per heavy atom. The van der Waals surface area contributed by atoms with Crippen LogP contribution in [0.4, 0.5) is 0 Å². The van der Waals surface area contributed by atoms with Crippen LogP contribution in [0.25, 0.3) is 0 Å². The van der Waals surface area contributed by atoms with Gasteiger partial charge in [0.2, 0.25) is 0 Å². The molecule has 0 saturated carbocycles. The largest absolute Gasteiger partial charge is 0.465 e. The SMILES string of the molecule is CCC(=O)C1C(=O)OCC1C.CCC(=O)CC1CCCC(OC)O1.CCC=O. The third kappa shape index (κ3) is 10.1. The molecular formula is C21H36O7. The predicted octanol–water partition coefficient (Wildman–Crippen LogP) is 3.27. The Labute approximate surface area is 168 Å². The summed E-state index contributed by atoms with van der Waals surface area (Å²) in [5.41, 5.74) is 0. The first-order valence-electron chi connectivity index (χ1n) is 10.2. The molecule has 0 aliphatic carbocycles. The van der Waals surface area contributed by atoms with Crippen molar-refractivity contribution in [3.05, 3.63) is 0 Å². The lowest BCUT2D eigenvalue weighted by atomic mass is 9.92. The van der Waals surface area contributed by atoms with Crippen molar-refractivity contribution >= 4 is 23.8 Å².